The van der Waals surface area contributed by atoms with Crippen molar-refractivity contribution in [3.63, 3.8) is 0 Å². The van der Waals surface area contributed by atoms with Gasteiger partial charge in [0, 0.05) is 19.6 Å². The van der Waals surface area contributed by atoms with Gasteiger partial charge in [-0.25, -0.2) is 0 Å². The molecule has 0 aliphatic heterocycles. The van der Waals surface area contributed by atoms with Gasteiger partial charge in [0.15, 0.2) is 0 Å². The van der Waals surface area contributed by atoms with Crippen molar-refractivity contribution in [2.75, 3.05) is 39.5 Å². The van der Waals surface area contributed by atoms with Crippen LogP contribution < -0.4 is 29.6 Å². The summed E-state index contributed by atoms with van der Waals surface area (Å²) in [6.45, 7) is 1.75. The summed E-state index contributed by atoms with van der Waals surface area (Å²) in [5.74, 6) is 0. The average molecular weight is 255 g/mol. The molecule has 0 aliphatic rings. The van der Waals surface area contributed by atoms with E-state index in [1.54, 1.807) is 4.90 Å². The van der Waals surface area contributed by atoms with Crippen LogP contribution in [0.5, 0.6) is 0 Å². The molecule has 0 bridgehead atoms. The molecule has 0 amide bonds. The molecule has 0 aromatic carbocycles. The molecule has 90 valence electrons. The zero-order valence-corrected chi connectivity index (χ0v) is 11.6. The Morgan fingerprint density at radius 3 is 1.27 bits per heavy atom. The third kappa shape index (κ3) is 25.3. The summed E-state index contributed by atoms with van der Waals surface area (Å²) in [5, 5.41) is 25.5. The van der Waals surface area contributed by atoms with Crippen LogP contribution in [-0.4, -0.2) is 73.0 Å². The fourth-order valence-corrected chi connectivity index (χ4v) is 0.760. The molecule has 9 heteroatoms. The molecular weight excluding hydrogens is 237 g/mol. The molecule has 0 rings (SSSR count). The summed E-state index contributed by atoms with van der Waals surface area (Å²) in [6, 6.07) is 0. The Morgan fingerprint density at radius 1 is 0.933 bits per heavy atom. The molecule has 0 saturated carbocycles. The van der Waals surface area contributed by atoms with E-state index in [0.29, 0.717) is 19.6 Å². The number of rotatable bonds is 6. The zero-order valence-electron chi connectivity index (χ0n) is 9.74. The van der Waals surface area contributed by atoms with Gasteiger partial charge < -0.3 is 16.7 Å². The largest absolute Gasteiger partial charge is 1.00 e. The second-order valence-corrected chi connectivity index (χ2v) is 2.70. The first kappa shape index (κ1) is 21.2. The molecule has 0 aromatic heterocycles. The van der Waals surface area contributed by atoms with Crippen molar-refractivity contribution in [2.45, 2.75) is 0 Å². The normalized spacial score (nSPS) is 9.53. The maximum atomic E-state index is 8.67. The van der Waals surface area contributed by atoms with Crippen molar-refractivity contribution >= 4 is 11.4 Å². The van der Waals surface area contributed by atoms with Gasteiger partial charge in [0.2, 0.25) is 0 Å². The fourth-order valence-electron chi connectivity index (χ4n) is 0.760. The maximum absolute atomic E-state index is 8.67. The number of hydrogen-bond donors (Lipinski definition) is 5. The fraction of sp³-hybridized carbons (Fsp3) is 1.00. The Bertz CT molecular complexity index is 128. The number of aliphatic hydroxyl groups excluding tert-OH is 3. The minimum absolute atomic E-state index is 0. The summed E-state index contributed by atoms with van der Waals surface area (Å²) in [7, 11) is 0. The molecular formula is C6H18NNaO6S. The third-order valence-corrected chi connectivity index (χ3v) is 1.25. The van der Waals surface area contributed by atoms with Crippen LogP contribution in [0.2, 0.25) is 0 Å². The van der Waals surface area contributed by atoms with E-state index in [0.717, 1.165) is 0 Å². The monoisotopic (exact) mass is 255 g/mol. The number of nitrogens with zero attached hydrogens (tertiary/aromatic N) is 1. The van der Waals surface area contributed by atoms with Gasteiger partial charge in [-0.3, -0.25) is 14.0 Å². The molecule has 0 unspecified atom stereocenters. The van der Waals surface area contributed by atoms with Gasteiger partial charge in [0.1, 0.15) is 0 Å². The van der Waals surface area contributed by atoms with Crippen LogP contribution in [0.3, 0.4) is 0 Å². The van der Waals surface area contributed by atoms with Crippen molar-refractivity contribution < 1.29 is 59.6 Å². The van der Waals surface area contributed by atoms with Crippen molar-refractivity contribution in [3.8, 4) is 0 Å². The van der Waals surface area contributed by atoms with Gasteiger partial charge in [-0.05, 0) is 0 Å². The van der Waals surface area contributed by atoms with E-state index in [1.165, 1.54) is 0 Å². The molecule has 0 aliphatic carbocycles. The van der Waals surface area contributed by atoms with Crippen LogP contribution in [0.1, 0.15) is 1.43 Å². The molecule has 0 saturated heterocycles. The van der Waals surface area contributed by atoms with E-state index in [1.807, 2.05) is 0 Å². The number of hydrogen-bond acceptors (Lipinski definition) is 5. The van der Waals surface area contributed by atoms with Gasteiger partial charge >= 0.3 is 29.6 Å². The smallest absolute Gasteiger partial charge is 1.00 e. The van der Waals surface area contributed by atoms with E-state index < -0.39 is 11.4 Å². The molecule has 0 radical (unpaired) electrons. The zero-order chi connectivity index (χ0) is 11.4. The SMILES string of the molecule is O=S(O)O.OCCN(CCO)CCO.[H-].[Na+]. The first-order chi connectivity index (χ1) is 6.58. The third-order valence-electron chi connectivity index (χ3n) is 1.25. The topological polar surface area (TPSA) is 121 Å². The quantitative estimate of drug-likeness (QED) is 0.238. The summed E-state index contributed by atoms with van der Waals surface area (Å²) in [4.78, 5) is 1.79. The van der Waals surface area contributed by atoms with Crippen molar-refractivity contribution in [2.24, 2.45) is 0 Å². The summed E-state index contributed by atoms with van der Waals surface area (Å²) >= 11 is -2.61. The average Bonchev–Trinajstić information content (AvgIpc) is 2.04. The Balaban J connectivity index is -0.000000105. The summed E-state index contributed by atoms with van der Waals surface area (Å²) in [6.07, 6.45) is 0. The van der Waals surface area contributed by atoms with Crippen LogP contribution in [0.4, 0.5) is 0 Å². The minimum atomic E-state index is -2.61. The van der Waals surface area contributed by atoms with E-state index in [-0.39, 0.29) is 50.8 Å². The number of aliphatic hydroxyl groups is 3. The molecule has 7 nitrogen and oxygen atoms in total. The van der Waals surface area contributed by atoms with Gasteiger partial charge in [0.05, 0.1) is 19.8 Å². The first-order valence-corrected chi connectivity index (χ1v) is 4.99. The van der Waals surface area contributed by atoms with Crippen LogP contribution in [-0.2, 0) is 11.4 Å². The van der Waals surface area contributed by atoms with Gasteiger partial charge in [-0.15, -0.1) is 0 Å². The minimum Gasteiger partial charge on any atom is -1.00 e. The molecule has 0 spiro atoms. The van der Waals surface area contributed by atoms with E-state index in [9.17, 15) is 0 Å². The Labute approximate surface area is 115 Å². The van der Waals surface area contributed by atoms with Crippen LogP contribution in [0.25, 0.3) is 0 Å². The van der Waals surface area contributed by atoms with E-state index in [4.69, 9.17) is 28.6 Å². The van der Waals surface area contributed by atoms with E-state index >= 15 is 0 Å². The molecule has 0 fully saturated rings. The molecule has 0 atom stereocenters. The molecule has 0 aromatic rings. The molecule has 5 N–H and O–H groups in total. The van der Waals surface area contributed by atoms with Crippen molar-refractivity contribution in [1.82, 2.24) is 4.90 Å². The Hall–Kier alpha value is 0.910. The summed E-state index contributed by atoms with van der Waals surface area (Å²) in [5.41, 5.74) is 0. The van der Waals surface area contributed by atoms with Gasteiger partial charge in [-0.2, -0.15) is 4.21 Å². The first-order valence-electron chi connectivity index (χ1n) is 3.93. The van der Waals surface area contributed by atoms with Crippen LogP contribution >= 0.6 is 0 Å². The Morgan fingerprint density at radius 2 is 1.13 bits per heavy atom. The maximum Gasteiger partial charge on any atom is 1.00 e. The summed E-state index contributed by atoms with van der Waals surface area (Å²) < 4.78 is 22.8. The standard InChI is InChI=1S/C6H15NO3.Na.H2O3S.H/c8-4-1-7(2-5-9)3-6-10;;1-4(2)3;/h8-10H,1-6H2;;(H2,1,2,3);/q;+1;;-1. The predicted octanol–water partition coefficient (Wildman–Crippen LogP) is -4.94. The Kier molecular flexibility index (Phi) is 24.5. The van der Waals surface area contributed by atoms with Gasteiger partial charge in [0.25, 0.3) is 11.4 Å². The van der Waals surface area contributed by atoms with Crippen LogP contribution in [0.15, 0.2) is 0 Å². The van der Waals surface area contributed by atoms with Crippen molar-refractivity contribution in [3.05, 3.63) is 0 Å². The van der Waals surface area contributed by atoms with Gasteiger partial charge in [-0.1, -0.05) is 0 Å². The predicted molar refractivity (Wildman–Crippen MR) is 52.2 cm³/mol. The molecule has 0 heterocycles. The van der Waals surface area contributed by atoms with Crippen LogP contribution in [0, 0.1) is 0 Å². The second kappa shape index (κ2) is 17.3. The second-order valence-electron chi connectivity index (χ2n) is 2.24. The van der Waals surface area contributed by atoms with Crippen molar-refractivity contribution in [1.29, 1.82) is 0 Å². The molecule has 15 heavy (non-hydrogen) atoms. The van der Waals surface area contributed by atoms with E-state index in [2.05, 4.69) is 0 Å².